The Labute approximate surface area is 92.3 Å². The summed E-state index contributed by atoms with van der Waals surface area (Å²) in [7, 11) is 2.15. The zero-order chi connectivity index (χ0) is 11.1. The largest absolute Gasteiger partial charge is 0.330 e. The first kappa shape index (κ1) is 12.1. The molecule has 0 saturated heterocycles. The van der Waals surface area contributed by atoms with E-state index in [1.807, 2.05) is 12.4 Å². The molecule has 0 fully saturated rings. The minimum absolute atomic E-state index is 0.567. The fraction of sp³-hybridized carbons (Fsp3) is 0.583. The first-order valence-electron chi connectivity index (χ1n) is 5.53. The van der Waals surface area contributed by atoms with E-state index in [9.17, 15) is 0 Å². The van der Waals surface area contributed by atoms with Gasteiger partial charge in [0.1, 0.15) is 0 Å². The molecule has 84 valence electrons. The van der Waals surface area contributed by atoms with E-state index in [0.29, 0.717) is 6.04 Å². The third-order valence-corrected chi connectivity index (χ3v) is 2.84. The van der Waals surface area contributed by atoms with Gasteiger partial charge in [0, 0.05) is 25.0 Å². The molecule has 0 spiro atoms. The summed E-state index contributed by atoms with van der Waals surface area (Å²) >= 11 is 0. The summed E-state index contributed by atoms with van der Waals surface area (Å²) in [6.45, 7) is 4.06. The van der Waals surface area contributed by atoms with E-state index < -0.39 is 0 Å². The molecular weight excluding hydrogens is 186 g/mol. The van der Waals surface area contributed by atoms with Crippen LogP contribution in [0, 0.1) is 0 Å². The van der Waals surface area contributed by atoms with E-state index in [1.54, 1.807) is 0 Å². The number of aromatic nitrogens is 1. The Morgan fingerprint density at radius 3 is 2.67 bits per heavy atom. The van der Waals surface area contributed by atoms with Crippen molar-refractivity contribution in [3.63, 3.8) is 0 Å². The van der Waals surface area contributed by atoms with Crippen LogP contribution in [0.4, 0.5) is 0 Å². The Morgan fingerprint density at radius 2 is 2.07 bits per heavy atom. The van der Waals surface area contributed by atoms with Gasteiger partial charge in [0.15, 0.2) is 0 Å². The number of rotatable bonds is 6. The van der Waals surface area contributed by atoms with Crippen LogP contribution in [0.1, 0.15) is 18.9 Å². The maximum atomic E-state index is 5.54. The lowest BCUT2D eigenvalue weighted by molar-refractivity contribution is 0.251. The standard InChI is InChI=1S/C12H21N3/c1-11(3-7-13)15(2)10-6-12-4-8-14-9-5-12/h4-5,8-9,11H,3,6-7,10,13H2,1-2H3. The van der Waals surface area contributed by atoms with Crippen molar-refractivity contribution in [1.82, 2.24) is 9.88 Å². The molecule has 0 aliphatic rings. The van der Waals surface area contributed by atoms with Crippen LogP contribution >= 0.6 is 0 Å². The summed E-state index contributed by atoms with van der Waals surface area (Å²) in [5, 5.41) is 0. The van der Waals surface area contributed by atoms with Crippen LogP contribution in [0.25, 0.3) is 0 Å². The lowest BCUT2D eigenvalue weighted by Crippen LogP contribution is -2.32. The van der Waals surface area contributed by atoms with Crippen molar-refractivity contribution >= 4 is 0 Å². The van der Waals surface area contributed by atoms with Gasteiger partial charge in [-0.2, -0.15) is 0 Å². The molecule has 2 N–H and O–H groups in total. The van der Waals surface area contributed by atoms with Gasteiger partial charge in [-0.05, 0) is 51.1 Å². The number of likely N-dealkylation sites (N-methyl/N-ethyl adjacent to an activating group) is 1. The van der Waals surface area contributed by atoms with Crippen molar-refractivity contribution in [2.45, 2.75) is 25.8 Å². The van der Waals surface area contributed by atoms with E-state index in [1.165, 1.54) is 5.56 Å². The molecule has 0 aliphatic carbocycles. The van der Waals surface area contributed by atoms with Crippen LogP contribution in [-0.4, -0.2) is 36.1 Å². The van der Waals surface area contributed by atoms with Crippen LogP contribution in [0.15, 0.2) is 24.5 Å². The topological polar surface area (TPSA) is 42.1 Å². The highest BCUT2D eigenvalue weighted by atomic mass is 15.1. The van der Waals surface area contributed by atoms with Crippen molar-refractivity contribution in [1.29, 1.82) is 0 Å². The minimum Gasteiger partial charge on any atom is -0.330 e. The molecule has 1 unspecified atom stereocenters. The molecule has 0 bridgehead atoms. The molecule has 0 radical (unpaired) electrons. The molecule has 1 heterocycles. The Morgan fingerprint density at radius 1 is 1.40 bits per heavy atom. The molecule has 1 rings (SSSR count). The van der Waals surface area contributed by atoms with E-state index in [2.05, 4.69) is 36.0 Å². The van der Waals surface area contributed by atoms with Gasteiger partial charge < -0.3 is 10.6 Å². The van der Waals surface area contributed by atoms with E-state index in [-0.39, 0.29) is 0 Å². The summed E-state index contributed by atoms with van der Waals surface area (Å²) in [4.78, 5) is 6.36. The van der Waals surface area contributed by atoms with E-state index >= 15 is 0 Å². The molecular formula is C12H21N3. The Bertz CT molecular complexity index is 261. The summed E-state index contributed by atoms with van der Waals surface area (Å²) < 4.78 is 0. The number of hydrogen-bond donors (Lipinski definition) is 1. The lowest BCUT2D eigenvalue weighted by Gasteiger charge is -2.24. The highest BCUT2D eigenvalue weighted by Crippen LogP contribution is 2.03. The van der Waals surface area contributed by atoms with Crippen molar-refractivity contribution in [3.8, 4) is 0 Å². The fourth-order valence-corrected chi connectivity index (χ4v) is 1.54. The second-order valence-electron chi connectivity index (χ2n) is 4.01. The SMILES string of the molecule is CC(CCN)N(C)CCc1ccncc1. The number of hydrogen-bond acceptors (Lipinski definition) is 3. The van der Waals surface area contributed by atoms with Crippen molar-refractivity contribution in [3.05, 3.63) is 30.1 Å². The summed E-state index contributed by atoms with van der Waals surface area (Å²) in [6.07, 6.45) is 5.83. The lowest BCUT2D eigenvalue weighted by atomic mass is 10.1. The number of nitrogens with two attached hydrogens (primary N) is 1. The van der Waals surface area contributed by atoms with Gasteiger partial charge >= 0.3 is 0 Å². The quantitative estimate of drug-likeness (QED) is 0.764. The summed E-state index contributed by atoms with van der Waals surface area (Å²) in [5.74, 6) is 0. The zero-order valence-electron chi connectivity index (χ0n) is 9.69. The summed E-state index contributed by atoms with van der Waals surface area (Å²) in [6, 6.07) is 4.71. The Kier molecular flexibility index (Phi) is 5.29. The van der Waals surface area contributed by atoms with Gasteiger partial charge in [-0.15, -0.1) is 0 Å². The first-order chi connectivity index (χ1) is 7.24. The van der Waals surface area contributed by atoms with Gasteiger partial charge in [0.25, 0.3) is 0 Å². The average molecular weight is 207 g/mol. The Balaban J connectivity index is 2.31. The third-order valence-electron chi connectivity index (χ3n) is 2.84. The molecule has 15 heavy (non-hydrogen) atoms. The van der Waals surface area contributed by atoms with Gasteiger partial charge in [-0.3, -0.25) is 4.98 Å². The van der Waals surface area contributed by atoms with Gasteiger partial charge in [0.05, 0.1) is 0 Å². The van der Waals surface area contributed by atoms with Gasteiger partial charge in [-0.1, -0.05) is 0 Å². The van der Waals surface area contributed by atoms with Crippen molar-refractivity contribution in [2.24, 2.45) is 5.73 Å². The predicted molar refractivity (Wildman–Crippen MR) is 63.7 cm³/mol. The molecule has 1 aromatic rings. The van der Waals surface area contributed by atoms with Crippen LogP contribution in [0.2, 0.25) is 0 Å². The highest BCUT2D eigenvalue weighted by molar-refractivity contribution is 5.09. The normalized spacial score (nSPS) is 13.1. The maximum absolute atomic E-state index is 5.54. The maximum Gasteiger partial charge on any atom is 0.0270 e. The van der Waals surface area contributed by atoms with Crippen LogP contribution in [-0.2, 0) is 6.42 Å². The average Bonchev–Trinajstić information content (AvgIpc) is 2.27. The van der Waals surface area contributed by atoms with Crippen LogP contribution in [0.3, 0.4) is 0 Å². The molecule has 3 heteroatoms. The zero-order valence-corrected chi connectivity index (χ0v) is 9.69. The van der Waals surface area contributed by atoms with Crippen LogP contribution < -0.4 is 5.73 Å². The highest BCUT2D eigenvalue weighted by Gasteiger charge is 2.07. The number of nitrogens with zero attached hydrogens (tertiary/aromatic N) is 2. The minimum atomic E-state index is 0.567. The molecule has 1 atom stereocenters. The van der Waals surface area contributed by atoms with E-state index in [0.717, 1.165) is 25.9 Å². The summed E-state index contributed by atoms with van der Waals surface area (Å²) in [5.41, 5.74) is 6.88. The molecule has 0 aliphatic heterocycles. The Hall–Kier alpha value is -0.930. The van der Waals surface area contributed by atoms with Crippen molar-refractivity contribution in [2.75, 3.05) is 20.1 Å². The molecule has 0 amide bonds. The smallest absolute Gasteiger partial charge is 0.0270 e. The first-order valence-corrected chi connectivity index (χ1v) is 5.53. The van der Waals surface area contributed by atoms with Gasteiger partial charge in [-0.25, -0.2) is 0 Å². The third kappa shape index (κ3) is 4.40. The fourth-order valence-electron chi connectivity index (χ4n) is 1.54. The van der Waals surface area contributed by atoms with E-state index in [4.69, 9.17) is 5.73 Å². The number of pyridine rings is 1. The molecule has 0 saturated carbocycles. The monoisotopic (exact) mass is 207 g/mol. The molecule has 3 nitrogen and oxygen atoms in total. The second-order valence-corrected chi connectivity index (χ2v) is 4.01. The predicted octanol–water partition coefficient (Wildman–Crippen LogP) is 1.29. The second kappa shape index (κ2) is 6.53. The molecule has 1 aromatic heterocycles. The van der Waals surface area contributed by atoms with Gasteiger partial charge in [0.2, 0.25) is 0 Å². The molecule has 0 aromatic carbocycles. The van der Waals surface area contributed by atoms with Crippen molar-refractivity contribution < 1.29 is 0 Å². The van der Waals surface area contributed by atoms with Crippen LogP contribution in [0.5, 0.6) is 0 Å².